The summed E-state index contributed by atoms with van der Waals surface area (Å²) in [5.41, 5.74) is 0.842. The minimum absolute atomic E-state index is 0.364. The van der Waals surface area contributed by atoms with Gasteiger partial charge in [-0.1, -0.05) is 0 Å². The highest BCUT2D eigenvalue weighted by atomic mass is 79.9. The Morgan fingerprint density at radius 3 is 2.32 bits per heavy atom. The fourth-order valence-electron chi connectivity index (χ4n) is 3.39. The fourth-order valence-corrected chi connectivity index (χ4v) is 3.87. The summed E-state index contributed by atoms with van der Waals surface area (Å²) < 4.78 is 11.6. The van der Waals surface area contributed by atoms with Crippen molar-refractivity contribution >= 4 is 15.9 Å². The second-order valence-electron chi connectivity index (χ2n) is 5.66. The van der Waals surface area contributed by atoms with Gasteiger partial charge in [0.2, 0.25) is 0 Å². The molecule has 2 fully saturated rings. The lowest BCUT2D eigenvalue weighted by Crippen LogP contribution is -2.12. The van der Waals surface area contributed by atoms with Crippen LogP contribution in [0.5, 0.6) is 11.5 Å². The molecule has 1 aromatic carbocycles. The van der Waals surface area contributed by atoms with Crippen LogP contribution < -0.4 is 9.47 Å². The van der Waals surface area contributed by atoms with Crippen LogP contribution in [0.25, 0.3) is 0 Å². The molecule has 2 aliphatic carbocycles. The maximum Gasteiger partial charge on any atom is 0.133 e. The summed E-state index contributed by atoms with van der Waals surface area (Å²) in [7, 11) is 3.27. The van der Waals surface area contributed by atoms with E-state index in [1.165, 1.54) is 6.42 Å². The van der Waals surface area contributed by atoms with Gasteiger partial charge in [0, 0.05) is 5.56 Å². The second kappa shape index (κ2) is 4.98. The van der Waals surface area contributed by atoms with Gasteiger partial charge >= 0.3 is 0 Å². The van der Waals surface area contributed by atoms with Crippen molar-refractivity contribution in [2.75, 3.05) is 14.2 Å². The lowest BCUT2D eigenvalue weighted by molar-refractivity contribution is 0.101. The maximum absolute atomic E-state index is 10.6. The molecule has 3 atom stereocenters. The van der Waals surface area contributed by atoms with Crippen molar-refractivity contribution in [3.63, 3.8) is 0 Å². The number of halogens is 1. The van der Waals surface area contributed by atoms with E-state index in [2.05, 4.69) is 15.9 Å². The molecule has 0 aliphatic heterocycles. The van der Waals surface area contributed by atoms with Crippen LogP contribution in [0.4, 0.5) is 0 Å². The largest absolute Gasteiger partial charge is 0.496 e. The molecule has 1 N–H and O–H groups in total. The van der Waals surface area contributed by atoms with Crippen LogP contribution in [-0.2, 0) is 0 Å². The van der Waals surface area contributed by atoms with Gasteiger partial charge < -0.3 is 14.6 Å². The topological polar surface area (TPSA) is 38.7 Å². The molecule has 0 spiro atoms. The van der Waals surface area contributed by atoms with Gasteiger partial charge in [0.1, 0.15) is 11.5 Å². The van der Waals surface area contributed by atoms with Gasteiger partial charge in [0.15, 0.2) is 0 Å². The van der Waals surface area contributed by atoms with Gasteiger partial charge in [-0.15, -0.1) is 0 Å². The smallest absolute Gasteiger partial charge is 0.133 e. The van der Waals surface area contributed by atoms with E-state index < -0.39 is 6.10 Å². The van der Waals surface area contributed by atoms with Crippen molar-refractivity contribution in [2.45, 2.75) is 25.4 Å². The first-order chi connectivity index (χ1) is 9.13. The van der Waals surface area contributed by atoms with Crippen LogP contribution in [-0.4, -0.2) is 19.3 Å². The summed E-state index contributed by atoms with van der Waals surface area (Å²) >= 11 is 3.44. The summed E-state index contributed by atoms with van der Waals surface area (Å²) in [6.07, 6.45) is 3.20. The van der Waals surface area contributed by atoms with Crippen LogP contribution in [0, 0.1) is 17.8 Å². The zero-order valence-electron chi connectivity index (χ0n) is 11.2. The number of ether oxygens (including phenoxy) is 2. The molecule has 2 saturated carbocycles. The highest BCUT2D eigenvalue weighted by Crippen LogP contribution is 2.57. The predicted molar refractivity (Wildman–Crippen MR) is 76.5 cm³/mol. The minimum Gasteiger partial charge on any atom is -0.496 e. The summed E-state index contributed by atoms with van der Waals surface area (Å²) in [5, 5.41) is 10.6. The molecule has 1 aromatic rings. The van der Waals surface area contributed by atoms with Crippen molar-refractivity contribution in [3.8, 4) is 11.5 Å². The molecular weight excluding hydrogens is 308 g/mol. The van der Waals surface area contributed by atoms with Gasteiger partial charge in [-0.25, -0.2) is 0 Å². The zero-order chi connectivity index (χ0) is 13.6. The maximum atomic E-state index is 10.6. The van der Waals surface area contributed by atoms with Crippen LogP contribution in [0.2, 0.25) is 0 Å². The predicted octanol–water partition coefficient (Wildman–Crippen LogP) is 3.55. The molecule has 0 bridgehead atoms. The van der Waals surface area contributed by atoms with Crippen LogP contribution in [0.1, 0.15) is 30.9 Å². The van der Waals surface area contributed by atoms with Crippen molar-refractivity contribution in [3.05, 3.63) is 22.2 Å². The van der Waals surface area contributed by atoms with Crippen LogP contribution >= 0.6 is 15.9 Å². The van der Waals surface area contributed by atoms with Gasteiger partial charge in [-0.3, -0.25) is 0 Å². The first-order valence-electron chi connectivity index (χ1n) is 6.73. The normalized spacial score (nSPS) is 29.8. The standard InChI is InChI=1S/C15H19BrO3/c1-18-13-7-12(16)14(19-2)6-11(13)15(17)10-4-8-3-9(8)5-10/h6-10,15,17H,3-5H2,1-2H3. The molecule has 0 aromatic heterocycles. The van der Waals surface area contributed by atoms with Crippen molar-refractivity contribution in [2.24, 2.45) is 17.8 Å². The van der Waals surface area contributed by atoms with Gasteiger partial charge in [0.25, 0.3) is 0 Å². The summed E-state index contributed by atoms with van der Waals surface area (Å²) in [6, 6.07) is 3.75. The first kappa shape index (κ1) is 13.3. The molecule has 3 unspecified atom stereocenters. The van der Waals surface area contributed by atoms with Crippen LogP contribution in [0.3, 0.4) is 0 Å². The summed E-state index contributed by atoms with van der Waals surface area (Å²) in [6.45, 7) is 0. The van der Waals surface area contributed by atoms with Crippen molar-refractivity contribution < 1.29 is 14.6 Å². The zero-order valence-corrected chi connectivity index (χ0v) is 12.8. The molecule has 104 valence electrons. The number of hydrogen-bond donors (Lipinski definition) is 1. The Morgan fingerprint density at radius 1 is 1.11 bits per heavy atom. The SMILES string of the molecule is COc1cc(C(O)C2CC3CC3C2)c(OC)cc1Br. The van der Waals surface area contributed by atoms with Gasteiger partial charge in [-0.2, -0.15) is 0 Å². The Labute approximate surface area is 122 Å². The van der Waals surface area contributed by atoms with Gasteiger partial charge in [-0.05, 0) is 65.1 Å². The molecule has 3 nitrogen and oxygen atoms in total. The monoisotopic (exact) mass is 326 g/mol. The summed E-state index contributed by atoms with van der Waals surface area (Å²) in [4.78, 5) is 0. The number of aliphatic hydroxyl groups is 1. The first-order valence-corrected chi connectivity index (χ1v) is 7.52. The Bertz CT molecular complexity index is 479. The molecule has 0 radical (unpaired) electrons. The molecule has 3 rings (SSSR count). The van der Waals surface area contributed by atoms with E-state index in [9.17, 15) is 5.11 Å². The van der Waals surface area contributed by atoms with Crippen LogP contribution in [0.15, 0.2) is 16.6 Å². The van der Waals surface area contributed by atoms with Crippen molar-refractivity contribution in [1.29, 1.82) is 0 Å². The number of fused-ring (bicyclic) bond motifs is 1. The number of hydrogen-bond acceptors (Lipinski definition) is 3. The third-order valence-corrected chi connectivity index (χ3v) is 5.17. The number of aliphatic hydroxyl groups excluding tert-OH is 1. The highest BCUT2D eigenvalue weighted by molar-refractivity contribution is 9.10. The Balaban J connectivity index is 1.89. The van der Waals surface area contributed by atoms with E-state index in [4.69, 9.17) is 9.47 Å². The average molecular weight is 327 g/mol. The fraction of sp³-hybridized carbons (Fsp3) is 0.600. The molecule has 0 heterocycles. The highest BCUT2D eigenvalue weighted by Gasteiger charge is 2.48. The Kier molecular flexibility index (Phi) is 3.48. The second-order valence-corrected chi connectivity index (χ2v) is 6.52. The number of rotatable bonds is 4. The number of methoxy groups -OCH3 is 2. The van der Waals surface area contributed by atoms with E-state index >= 15 is 0 Å². The average Bonchev–Trinajstić information content (AvgIpc) is 3.04. The lowest BCUT2D eigenvalue weighted by atomic mass is 9.91. The summed E-state index contributed by atoms with van der Waals surface area (Å²) in [5.74, 6) is 3.55. The number of benzene rings is 1. The Hall–Kier alpha value is -0.740. The van der Waals surface area contributed by atoms with E-state index in [1.807, 2.05) is 12.1 Å². The van der Waals surface area contributed by atoms with E-state index in [1.54, 1.807) is 14.2 Å². The quantitative estimate of drug-likeness (QED) is 0.919. The van der Waals surface area contributed by atoms with Gasteiger partial charge in [0.05, 0.1) is 24.8 Å². The molecule has 0 saturated heterocycles. The third kappa shape index (κ3) is 2.36. The van der Waals surface area contributed by atoms with E-state index in [-0.39, 0.29) is 0 Å². The molecule has 19 heavy (non-hydrogen) atoms. The lowest BCUT2D eigenvalue weighted by Gasteiger charge is -2.22. The third-order valence-electron chi connectivity index (χ3n) is 4.55. The molecule has 4 heteroatoms. The molecule has 2 aliphatic rings. The van der Waals surface area contributed by atoms with E-state index in [0.717, 1.165) is 46.2 Å². The Morgan fingerprint density at radius 2 is 1.74 bits per heavy atom. The molecular formula is C15H19BrO3. The minimum atomic E-state index is -0.454. The van der Waals surface area contributed by atoms with Crippen molar-refractivity contribution in [1.82, 2.24) is 0 Å². The molecule has 0 amide bonds. The van der Waals surface area contributed by atoms with E-state index in [0.29, 0.717) is 5.92 Å².